The van der Waals surface area contributed by atoms with Gasteiger partial charge in [-0.1, -0.05) is 12.1 Å². The average molecular weight is 355 g/mol. The molecule has 128 valence electrons. The van der Waals surface area contributed by atoms with Crippen LogP contribution in [0.5, 0.6) is 5.75 Å². The number of hydrogen-bond acceptors (Lipinski definition) is 5. The van der Waals surface area contributed by atoms with Crippen LogP contribution in [0.15, 0.2) is 46.7 Å². The van der Waals surface area contributed by atoms with Crippen molar-refractivity contribution in [1.29, 1.82) is 0 Å². The molecule has 1 aliphatic carbocycles. The maximum Gasteiger partial charge on any atom is 0.274 e. The molecule has 1 N–H and O–H groups in total. The number of aromatic nitrogens is 2. The molecule has 4 rings (SSSR count). The van der Waals surface area contributed by atoms with Gasteiger partial charge in [0, 0.05) is 17.6 Å². The second kappa shape index (κ2) is 6.33. The molecule has 0 spiro atoms. The van der Waals surface area contributed by atoms with E-state index in [1.165, 1.54) is 17.4 Å². The molecule has 2 heterocycles. The molecular formula is C18H17N3O3S. The highest BCUT2D eigenvalue weighted by Gasteiger charge is 2.34. The van der Waals surface area contributed by atoms with Crippen molar-refractivity contribution in [2.45, 2.75) is 18.9 Å². The van der Waals surface area contributed by atoms with Crippen LogP contribution < -0.4 is 15.6 Å². The lowest BCUT2D eigenvalue weighted by Gasteiger charge is -2.19. The van der Waals surface area contributed by atoms with E-state index in [1.54, 1.807) is 23.1 Å². The van der Waals surface area contributed by atoms with E-state index < -0.39 is 5.56 Å². The molecule has 0 aliphatic heterocycles. The van der Waals surface area contributed by atoms with Crippen LogP contribution in [0.4, 0.5) is 0 Å². The average Bonchev–Trinajstić information content (AvgIpc) is 3.36. The van der Waals surface area contributed by atoms with Crippen molar-refractivity contribution in [3.05, 3.63) is 63.5 Å². The Balaban J connectivity index is 1.64. The molecule has 25 heavy (non-hydrogen) atoms. The summed E-state index contributed by atoms with van der Waals surface area (Å²) in [5.74, 6) is 0.944. The van der Waals surface area contributed by atoms with E-state index in [1.807, 2.05) is 24.3 Å². The van der Waals surface area contributed by atoms with E-state index in [0.29, 0.717) is 16.6 Å². The Kier molecular flexibility index (Phi) is 4.01. The summed E-state index contributed by atoms with van der Waals surface area (Å²) >= 11 is 1.33. The van der Waals surface area contributed by atoms with E-state index in [0.717, 1.165) is 24.2 Å². The van der Waals surface area contributed by atoms with Crippen molar-refractivity contribution in [3.8, 4) is 5.75 Å². The van der Waals surface area contributed by atoms with Gasteiger partial charge in [0.15, 0.2) is 4.96 Å². The molecule has 0 saturated heterocycles. The first-order valence-corrected chi connectivity index (χ1v) is 8.95. The first-order chi connectivity index (χ1) is 12.2. The highest BCUT2D eigenvalue weighted by Crippen LogP contribution is 2.41. The maximum absolute atomic E-state index is 12.8. The summed E-state index contributed by atoms with van der Waals surface area (Å²) in [6, 6.07) is 8.95. The Morgan fingerprint density at radius 2 is 2.12 bits per heavy atom. The summed E-state index contributed by atoms with van der Waals surface area (Å²) < 4.78 is 6.85. The van der Waals surface area contributed by atoms with Gasteiger partial charge in [0.05, 0.1) is 13.2 Å². The molecule has 6 nitrogen and oxygen atoms in total. The Bertz CT molecular complexity index is 973. The fourth-order valence-corrected chi connectivity index (χ4v) is 3.67. The van der Waals surface area contributed by atoms with Crippen molar-refractivity contribution in [2.75, 3.05) is 7.11 Å². The van der Waals surface area contributed by atoms with E-state index in [-0.39, 0.29) is 11.9 Å². The summed E-state index contributed by atoms with van der Waals surface area (Å²) in [6.45, 7) is 0. The van der Waals surface area contributed by atoms with E-state index in [2.05, 4.69) is 10.3 Å². The lowest BCUT2D eigenvalue weighted by molar-refractivity contribution is 0.0925. The second-order valence-electron chi connectivity index (χ2n) is 6.10. The van der Waals surface area contributed by atoms with Crippen LogP contribution in [0.25, 0.3) is 4.96 Å². The van der Waals surface area contributed by atoms with Crippen molar-refractivity contribution in [3.63, 3.8) is 0 Å². The monoisotopic (exact) mass is 355 g/mol. The van der Waals surface area contributed by atoms with Gasteiger partial charge in [-0.3, -0.25) is 14.0 Å². The molecule has 0 radical (unpaired) electrons. The smallest absolute Gasteiger partial charge is 0.274 e. The number of amides is 1. The third-order valence-corrected chi connectivity index (χ3v) is 5.16. The number of nitrogens with one attached hydrogen (secondary N) is 1. The molecule has 1 fully saturated rings. The zero-order chi connectivity index (χ0) is 17.4. The molecule has 1 amide bonds. The van der Waals surface area contributed by atoms with Gasteiger partial charge < -0.3 is 10.1 Å². The number of benzene rings is 1. The van der Waals surface area contributed by atoms with Crippen LogP contribution >= 0.6 is 11.3 Å². The predicted octanol–water partition coefficient (Wildman–Crippen LogP) is 2.65. The van der Waals surface area contributed by atoms with Crippen molar-refractivity contribution < 1.29 is 9.53 Å². The second-order valence-corrected chi connectivity index (χ2v) is 6.97. The number of thiazole rings is 1. The van der Waals surface area contributed by atoms with E-state index in [4.69, 9.17) is 4.74 Å². The SMILES string of the molecule is COc1ccc([C@@H](NC(=O)c2cc(=O)nc3sccn23)C2CC2)cc1. The number of nitrogens with zero attached hydrogens (tertiary/aromatic N) is 2. The van der Waals surface area contributed by atoms with Crippen molar-refractivity contribution in [2.24, 2.45) is 5.92 Å². The third-order valence-electron chi connectivity index (χ3n) is 4.40. The van der Waals surface area contributed by atoms with Gasteiger partial charge >= 0.3 is 0 Å². The molecule has 2 aromatic heterocycles. The van der Waals surface area contributed by atoms with Crippen LogP contribution in [-0.4, -0.2) is 22.4 Å². The van der Waals surface area contributed by atoms with Gasteiger partial charge in [0.2, 0.25) is 0 Å². The molecule has 3 aromatic rings. The summed E-state index contributed by atoms with van der Waals surface area (Å²) in [4.78, 5) is 29.0. The highest BCUT2D eigenvalue weighted by atomic mass is 32.1. The minimum absolute atomic E-state index is 0.0732. The minimum Gasteiger partial charge on any atom is -0.497 e. The summed E-state index contributed by atoms with van der Waals surface area (Å²) in [6.07, 6.45) is 3.92. The van der Waals surface area contributed by atoms with Crippen LogP contribution in [0.3, 0.4) is 0 Å². The minimum atomic E-state index is -0.403. The van der Waals surface area contributed by atoms with Gasteiger partial charge in [-0.2, -0.15) is 4.98 Å². The number of carbonyl (C=O) groups is 1. The normalized spacial score (nSPS) is 15.1. The molecule has 0 bridgehead atoms. The Hall–Kier alpha value is -2.67. The lowest BCUT2D eigenvalue weighted by Crippen LogP contribution is -2.32. The number of methoxy groups -OCH3 is 1. The Morgan fingerprint density at radius 3 is 2.80 bits per heavy atom. The van der Waals surface area contributed by atoms with Gasteiger partial charge in [-0.05, 0) is 36.5 Å². The molecule has 1 aliphatic rings. The Morgan fingerprint density at radius 1 is 1.36 bits per heavy atom. The van der Waals surface area contributed by atoms with Crippen LogP contribution in [0.2, 0.25) is 0 Å². The Labute approximate surface area is 148 Å². The van der Waals surface area contributed by atoms with Crippen molar-refractivity contribution in [1.82, 2.24) is 14.7 Å². The van der Waals surface area contributed by atoms with Gasteiger partial charge in [0.1, 0.15) is 11.4 Å². The number of rotatable bonds is 5. The van der Waals surface area contributed by atoms with Crippen LogP contribution in [0, 0.1) is 5.92 Å². The van der Waals surface area contributed by atoms with Gasteiger partial charge in [-0.15, -0.1) is 11.3 Å². The highest BCUT2D eigenvalue weighted by molar-refractivity contribution is 7.15. The van der Waals surface area contributed by atoms with Crippen molar-refractivity contribution >= 4 is 22.2 Å². The standard InChI is InChI=1S/C18H17N3O3S/c1-24-13-6-4-12(5-7-13)16(11-2-3-11)20-17(23)14-10-15(22)19-18-21(14)8-9-25-18/h4-11,16H,2-3H2,1H3,(H,20,23)/t16-/m0/s1. The molecule has 0 unspecified atom stereocenters. The molecular weight excluding hydrogens is 338 g/mol. The summed E-state index contributed by atoms with van der Waals surface area (Å²) in [5.41, 5.74) is 0.954. The number of fused-ring (bicyclic) bond motifs is 1. The number of ether oxygens (including phenoxy) is 1. The molecule has 1 atom stereocenters. The largest absolute Gasteiger partial charge is 0.497 e. The third kappa shape index (κ3) is 3.15. The molecule has 1 aromatic carbocycles. The molecule has 1 saturated carbocycles. The quantitative estimate of drug-likeness (QED) is 0.764. The number of carbonyl (C=O) groups excluding carboxylic acids is 1. The van der Waals surface area contributed by atoms with E-state index in [9.17, 15) is 9.59 Å². The fraction of sp³-hybridized carbons (Fsp3) is 0.278. The zero-order valence-electron chi connectivity index (χ0n) is 13.6. The first-order valence-electron chi connectivity index (χ1n) is 8.07. The van der Waals surface area contributed by atoms with Gasteiger partial charge in [0.25, 0.3) is 11.5 Å². The number of hydrogen-bond donors (Lipinski definition) is 1. The molecule has 7 heteroatoms. The zero-order valence-corrected chi connectivity index (χ0v) is 14.5. The topological polar surface area (TPSA) is 72.7 Å². The van der Waals surface area contributed by atoms with Crippen LogP contribution in [-0.2, 0) is 0 Å². The lowest BCUT2D eigenvalue weighted by atomic mass is 10.0. The first kappa shape index (κ1) is 15.8. The fourth-order valence-electron chi connectivity index (χ4n) is 2.95. The predicted molar refractivity (Wildman–Crippen MR) is 95.3 cm³/mol. The van der Waals surface area contributed by atoms with Crippen LogP contribution in [0.1, 0.15) is 34.9 Å². The summed E-state index contributed by atoms with van der Waals surface area (Å²) in [5, 5.41) is 4.90. The van der Waals surface area contributed by atoms with Gasteiger partial charge in [-0.25, -0.2) is 0 Å². The maximum atomic E-state index is 12.8. The van der Waals surface area contributed by atoms with E-state index >= 15 is 0 Å². The summed E-state index contributed by atoms with van der Waals surface area (Å²) in [7, 11) is 1.63.